The fraction of sp³-hybridized carbons (Fsp3) is 0.188. The van der Waals surface area contributed by atoms with Crippen molar-refractivity contribution in [3.05, 3.63) is 41.7 Å². The number of anilines is 1. The first-order chi connectivity index (χ1) is 10.6. The van der Waals surface area contributed by atoms with Crippen molar-refractivity contribution in [1.82, 2.24) is 14.8 Å². The first-order valence-corrected chi connectivity index (χ1v) is 7.09. The Bertz CT molecular complexity index is 914. The van der Waals surface area contributed by atoms with Gasteiger partial charge in [-0.3, -0.25) is 14.5 Å². The van der Waals surface area contributed by atoms with Gasteiger partial charge in [0.05, 0.1) is 22.6 Å². The summed E-state index contributed by atoms with van der Waals surface area (Å²) in [5, 5.41) is 14.2. The van der Waals surface area contributed by atoms with Gasteiger partial charge in [0.15, 0.2) is 0 Å². The lowest BCUT2D eigenvalue weighted by atomic mass is 9.91. The molecule has 0 spiro atoms. The molecular formula is C16H14N4O2. The van der Waals surface area contributed by atoms with Crippen LogP contribution in [0.4, 0.5) is 5.69 Å². The average molecular weight is 294 g/mol. The van der Waals surface area contributed by atoms with Gasteiger partial charge < -0.3 is 10.8 Å². The highest BCUT2D eigenvalue weighted by atomic mass is 16.4. The minimum absolute atomic E-state index is 0.150. The maximum atomic E-state index is 10.9. The third kappa shape index (κ3) is 1.84. The van der Waals surface area contributed by atoms with Gasteiger partial charge in [-0.15, -0.1) is 0 Å². The topological polar surface area (TPSA) is 94.0 Å². The molecule has 0 fully saturated rings. The smallest absolute Gasteiger partial charge is 0.325 e. The van der Waals surface area contributed by atoms with Crippen molar-refractivity contribution in [2.45, 2.75) is 19.4 Å². The van der Waals surface area contributed by atoms with E-state index in [2.05, 4.69) is 5.10 Å². The molecule has 0 atom stereocenters. The Labute approximate surface area is 126 Å². The summed E-state index contributed by atoms with van der Waals surface area (Å²) >= 11 is 0. The second-order valence-electron chi connectivity index (χ2n) is 5.46. The normalized spacial score (nSPS) is 12.9. The Balaban J connectivity index is 1.95. The molecule has 1 aliphatic rings. The summed E-state index contributed by atoms with van der Waals surface area (Å²) in [6.07, 6.45) is 3.38. The largest absolute Gasteiger partial charge is 0.480 e. The van der Waals surface area contributed by atoms with Crippen molar-refractivity contribution in [3.8, 4) is 11.3 Å². The Morgan fingerprint density at radius 2 is 2.14 bits per heavy atom. The van der Waals surface area contributed by atoms with Gasteiger partial charge >= 0.3 is 5.97 Å². The Morgan fingerprint density at radius 3 is 2.95 bits per heavy atom. The third-order valence-corrected chi connectivity index (χ3v) is 4.01. The van der Waals surface area contributed by atoms with Gasteiger partial charge in [-0.1, -0.05) is 18.2 Å². The highest BCUT2D eigenvalue weighted by molar-refractivity contribution is 5.99. The van der Waals surface area contributed by atoms with E-state index >= 15 is 0 Å². The molecule has 2 aromatic heterocycles. The number of nitrogen functional groups attached to an aromatic ring is 1. The second kappa shape index (κ2) is 4.56. The molecule has 0 radical (unpaired) electrons. The molecule has 22 heavy (non-hydrogen) atoms. The molecule has 3 N–H and O–H groups in total. The molecule has 3 aromatic rings. The number of nitrogens with zero attached hydrogens (tertiary/aromatic N) is 3. The summed E-state index contributed by atoms with van der Waals surface area (Å²) in [6.45, 7) is -0.150. The van der Waals surface area contributed by atoms with E-state index in [9.17, 15) is 4.79 Å². The summed E-state index contributed by atoms with van der Waals surface area (Å²) < 4.78 is 1.46. The standard InChI is InChI=1S/C16H14N4O2/c17-15-10-3-1-2-4-11(10)18-12-6-5-9-7-20(8-13(21)22)19-16(9)14(12)15/h1-4,7H,5-6,8H2,(H2,17,18)(H,21,22). The molecular weight excluding hydrogens is 280 g/mol. The predicted octanol–water partition coefficient (Wildman–Crippen LogP) is 1.86. The summed E-state index contributed by atoms with van der Waals surface area (Å²) in [5.41, 5.74) is 11.5. The van der Waals surface area contributed by atoms with Crippen molar-refractivity contribution in [2.24, 2.45) is 0 Å². The van der Waals surface area contributed by atoms with Gasteiger partial charge in [0, 0.05) is 17.1 Å². The number of carboxylic acids is 1. The number of pyridine rings is 1. The lowest BCUT2D eigenvalue weighted by Crippen LogP contribution is -2.10. The summed E-state index contributed by atoms with van der Waals surface area (Å²) in [4.78, 5) is 15.6. The Morgan fingerprint density at radius 1 is 1.32 bits per heavy atom. The van der Waals surface area contributed by atoms with Crippen LogP contribution in [0.5, 0.6) is 0 Å². The number of para-hydroxylation sites is 1. The molecule has 6 heteroatoms. The van der Waals surface area contributed by atoms with E-state index in [-0.39, 0.29) is 6.54 Å². The number of rotatable bonds is 2. The Kier molecular flexibility index (Phi) is 2.66. The molecule has 0 bridgehead atoms. The van der Waals surface area contributed by atoms with Gasteiger partial charge in [-0.05, 0) is 24.5 Å². The molecule has 4 rings (SSSR count). The van der Waals surface area contributed by atoms with Crippen LogP contribution in [0.15, 0.2) is 30.5 Å². The van der Waals surface area contributed by atoms with Crippen LogP contribution in [0.3, 0.4) is 0 Å². The van der Waals surface area contributed by atoms with E-state index in [0.717, 1.165) is 46.3 Å². The van der Waals surface area contributed by atoms with Crippen LogP contribution >= 0.6 is 0 Å². The van der Waals surface area contributed by atoms with E-state index in [1.54, 1.807) is 6.20 Å². The third-order valence-electron chi connectivity index (χ3n) is 4.01. The predicted molar refractivity (Wildman–Crippen MR) is 82.4 cm³/mol. The monoisotopic (exact) mass is 294 g/mol. The lowest BCUT2D eigenvalue weighted by Gasteiger charge is -2.17. The molecule has 1 aliphatic carbocycles. The number of hydrogen-bond donors (Lipinski definition) is 2. The van der Waals surface area contributed by atoms with Crippen LogP contribution in [0, 0.1) is 0 Å². The van der Waals surface area contributed by atoms with Crippen LogP contribution in [0.25, 0.3) is 22.2 Å². The molecule has 110 valence electrons. The number of aromatic nitrogens is 3. The van der Waals surface area contributed by atoms with Crippen molar-refractivity contribution in [3.63, 3.8) is 0 Å². The highest BCUT2D eigenvalue weighted by Crippen LogP contribution is 2.38. The summed E-state index contributed by atoms with van der Waals surface area (Å²) in [5.74, 6) is -0.912. The number of carbonyl (C=O) groups is 1. The SMILES string of the molecule is Nc1c2c(nc3ccccc13)CCc1cn(CC(=O)O)nc1-2. The highest BCUT2D eigenvalue weighted by Gasteiger charge is 2.25. The number of fused-ring (bicyclic) bond motifs is 4. The van der Waals surface area contributed by atoms with Gasteiger partial charge in [0.2, 0.25) is 0 Å². The van der Waals surface area contributed by atoms with Crippen LogP contribution in [0.2, 0.25) is 0 Å². The van der Waals surface area contributed by atoms with Crippen molar-refractivity contribution >= 4 is 22.6 Å². The molecule has 0 aliphatic heterocycles. The van der Waals surface area contributed by atoms with Gasteiger partial charge in [0.25, 0.3) is 0 Å². The van der Waals surface area contributed by atoms with Gasteiger partial charge in [0.1, 0.15) is 6.54 Å². The van der Waals surface area contributed by atoms with Crippen LogP contribution in [-0.2, 0) is 24.2 Å². The number of benzene rings is 1. The number of nitrogens with two attached hydrogens (primary N) is 1. The molecule has 0 unspecified atom stereocenters. The zero-order valence-electron chi connectivity index (χ0n) is 11.8. The Hall–Kier alpha value is -2.89. The fourth-order valence-corrected chi connectivity index (χ4v) is 3.06. The first-order valence-electron chi connectivity index (χ1n) is 7.09. The van der Waals surface area contributed by atoms with Crippen LogP contribution < -0.4 is 5.73 Å². The zero-order chi connectivity index (χ0) is 15.3. The van der Waals surface area contributed by atoms with Gasteiger partial charge in [-0.2, -0.15) is 5.10 Å². The van der Waals surface area contributed by atoms with Crippen LogP contribution in [-0.4, -0.2) is 25.8 Å². The molecule has 0 amide bonds. The van der Waals surface area contributed by atoms with Crippen molar-refractivity contribution in [2.75, 3.05) is 5.73 Å². The van der Waals surface area contributed by atoms with E-state index in [1.807, 2.05) is 24.3 Å². The molecule has 0 saturated heterocycles. The zero-order valence-corrected chi connectivity index (χ0v) is 11.8. The minimum atomic E-state index is -0.912. The summed E-state index contributed by atoms with van der Waals surface area (Å²) in [7, 11) is 0. The maximum absolute atomic E-state index is 10.9. The second-order valence-corrected chi connectivity index (χ2v) is 5.46. The molecule has 0 saturated carbocycles. The molecule has 2 heterocycles. The fourth-order valence-electron chi connectivity index (χ4n) is 3.06. The van der Waals surface area contributed by atoms with E-state index in [0.29, 0.717) is 5.69 Å². The lowest BCUT2D eigenvalue weighted by molar-refractivity contribution is -0.137. The number of aryl methyl sites for hydroxylation is 2. The van der Waals surface area contributed by atoms with E-state index in [1.165, 1.54) is 4.68 Å². The van der Waals surface area contributed by atoms with Gasteiger partial charge in [-0.25, -0.2) is 0 Å². The molecule has 1 aromatic carbocycles. The molecule has 6 nitrogen and oxygen atoms in total. The van der Waals surface area contributed by atoms with E-state index in [4.69, 9.17) is 15.8 Å². The first kappa shape index (κ1) is 12.8. The number of aliphatic carboxylic acids is 1. The summed E-state index contributed by atoms with van der Waals surface area (Å²) in [6, 6.07) is 7.77. The average Bonchev–Trinajstić information content (AvgIpc) is 2.88. The van der Waals surface area contributed by atoms with Crippen LogP contribution in [0.1, 0.15) is 11.3 Å². The number of carboxylic acid groups (broad SMARTS) is 1. The van der Waals surface area contributed by atoms with Crippen molar-refractivity contribution < 1.29 is 9.90 Å². The number of hydrogen-bond acceptors (Lipinski definition) is 4. The minimum Gasteiger partial charge on any atom is -0.480 e. The van der Waals surface area contributed by atoms with E-state index < -0.39 is 5.97 Å². The quantitative estimate of drug-likeness (QED) is 0.752. The maximum Gasteiger partial charge on any atom is 0.325 e. The van der Waals surface area contributed by atoms with Crippen molar-refractivity contribution in [1.29, 1.82) is 0 Å².